The van der Waals surface area contributed by atoms with Crippen LogP contribution in [0.2, 0.25) is 0 Å². The molecule has 2 aromatic rings. The van der Waals surface area contributed by atoms with Crippen molar-refractivity contribution >= 4 is 11.9 Å². The monoisotopic (exact) mass is 302 g/mol. The highest BCUT2D eigenvalue weighted by Crippen LogP contribution is 2.31. The Kier molecular flexibility index (Phi) is 4.99. The topological polar surface area (TPSA) is 65.7 Å². The molecule has 0 unspecified atom stereocenters. The minimum Gasteiger partial charge on any atom is -0.462 e. The molecular formula is C17H18O5. The van der Waals surface area contributed by atoms with Gasteiger partial charge < -0.3 is 13.9 Å². The zero-order valence-electron chi connectivity index (χ0n) is 12.8. The van der Waals surface area contributed by atoms with Crippen molar-refractivity contribution in [3.63, 3.8) is 0 Å². The van der Waals surface area contributed by atoms with Crippen LogP contribution in [0.5, 0.6) is 0 Å². The van der Waals surface area contributed by atoms with Gasteiger partial charge in [0.1, 0.15) is 23.2 Å². The second-order valence-electron chi connectivity index (χ2n) is 4.61. The first-order valence-corrected chi connectivity index (χ1v) is 7.11. The molecule has 2 rings (SSSR count). The van der Waals surface area contributed by atoms with E-state index in [1.807, 2.05) is 31.2 Å². The lowest BCUT2D eigenvalue weighted by atomic mass is 10.0. The predicted molar refractivity (Wildman–Crippen MR) is 80.8 cm³/mol. The van der Waals surface area contributed by atoms with Gasteiger partial charge in [0.25, 0.3) is 0 Å². The van der Waals surface area contributed by atoms with Gasteiger partial charge in [-0.1, -0.05) is 24.3 Å². The molecule has 0 atom stereocenters. The lowest BCUT2D eigenvalue weighted by molar-refractivity contribution is 0.0481. The molecule has 0 amide bonds. The minimum atomic E-state index is -0.603. The number of carbonyl (C=O) groups is 2. The largest absolute Gasteiger partial charge is 0.462 e. The molecule has 0 spiro atoms. The first-order chi connectivity index (χ1) is 10.6. The maximum Gasteiger partial charge on any atom is 0.342 e. The Balaban J connectivity index is 2.58. The number of hydrogen-bond donors (Lipinski definition) is 0. The van der Waals surface area contributed by atoms with Crippen LogP contribution >= 0.6 is 0 Å². The van der Waals surface area contributed by atoms with Crippen molar-refractivity contribution in [1.29, 1.82) is 0 Å². The number of carbonyl (C=O) groups excluding carboxylic acids is 2. The summed E-state index contributed by atoms with van der Waals surface area (Å²) in [6, 6.07) is 7.45. The lowest BCUT2D eigenvalue weighted by Gasteiger charge is -2.07. The quantitative estimate of drug-likeness (QED) is 0.789. The second kappa shape index (κ2) is 6.93. The third-order valence-electron chi connectivity index (χ3n) is 3.16. The average molecular weight is 302 g/mol. The molecule has 0 aliphatic carbocycles. The second-order valence-corrected chi connectivity index (χ2v) is 4.61. The van der Waals surface area contributed by atoms with Crippen LogP contribution in [-0.2, 0) is 9.47 Å². The van der Waals surface area contributed by atoms with E-state index >= 15 is 0 Å². The molecule has 5 heteroatoms. The fraction of sp³-hybridized carbons (Fsp3) is 0.294. The van der Waals surface area contributed by atoms with Crippen LogP contribution in [0.15, 0.2) is 34.9 Å². The molecule has 0 aliphatic heterocycles. The first kappa shape index (κ1) is 15.8. The van der Waals surface area contributed by atoms with Gasteiger partial charge in [0.05, 0.1) is 13.2 Å². The van der Waals surface area contributed by atoms with E-state index in [-0.39, 0.29) is 24.3 Å². The van der Waals surface area contributed by atoms with Crippen LogP contribution in [0.25, 0.3) is 11.3 Å². The molecule has 5 nitrogen and oxygen atoms in total. The summed E-state index contributed by atoms with van der Waals surface area (Å²) >= 11 is 0. The third kappa shape index (κ3) is 3.03. The summed E-state index contributed by atoms with van der Waals surface area (Å²) in [4.78, 5) is 24.3. The van der Waals surface area contributed by atoms with Crippen molar-refractivity contribution in [1.82, 2.24) is 0 Å². The fourth-order valence-electron chi connectivity index (χ4n) is 2.15. The van der Waals surface area contributed by atoms with E-state index in [2.05, 4.69) is 0 Å². The molecule has 1 aromatic carbocycles. The summed E-state index contributed by atoms with van der Waals surface area (Å²) in [6.45, 7) is 5.72. The van der Waals surface area contributed by atoms with E-state index in [9.17, 15) is 9.59 Å². The molecular weight excluding hydrogens is 284 g/mol. The number of furan rings is 1. The summed E-state index contributed by atoms with van der Waals surface area (Å²) in [5, 5.41) is 0. The van der Waals surface area contributed by atoms with E-state index in [4.69, 9.17) is 13.9 Å². The Morgan fingerprint density at radius 3 is 2.32 bits per heavy atom. The fourth-order valence-corrected chi connectivity index (χ4v) is 2.15. The Hall–Kier alpha value is -2.56. The number of aryl methyl sites for hydroxylation is 1. The Morgan fingerprint density at radius 2 is 1.68 bits per heavy atom. The molecule has 22 heavy (non-hydrogen) atoms. The summed E-state index contributed by atoms with van der Waals surface area (Å²) in [7, 11) is 0. The molecule has 0 aliphatic rings. The molecule has 0 fully saturated rings. The van der Waals surface area contributed by atoms with Crippen LogP contribution in [-0.4, -0.2) is 25.2 Å². The van der Waals surface area contributed by atoms with Crippen LogP contribution in [0.1, 0.15) is 40.1 Å². The van der Waals surface area contributed by atoms with Gasteiger partial charge in [-0.05, 0) is 26.3 Å². The van der Waals surface area contributed by atoms with E-state index < -0.39 is 11.9 Å². The number of ether oxygens (including phenoxy) is 2. The van der Waals surface area contributed by atoms with Gasteiger partial charge in [0, 0.05) is 5.56 Å². The summed E-state index contributed by atoms with van der Waals surface area (Å²) in [5.41, 5.74) is 1.85. The van der Waals surface area contributed by atoms with Crippen molar-refractivity contribution < 1.29 is 23.5 Å². The maximum atomic E-state index is 12.3. The van der Waals surface area contributed by atoms with Crippen molar-refractivity contribution in [2.24, 2.45) is 0 Å². The van der Waals surface area contributed by atoms with Gasteiger partial charge in [-0.15, -0.1) is 0 Å². The molecule has 116 valence electrons. The SMILES string of the molecule is CCOC(=O)c1coc(-c2ccccc2C)c1C(=O)OCC. The van der Waals surface area contributed by atoms with E-state index in [1.54, 1.807) is 13.8 Å². The molecule has 1 heterocycles. The molecule has 0 saturated carbocycles. The third-order valence-corrected chi connectivity index (χ3v) is 3.16. The highest BCUT2D eigenvalue weighted by Gasteiger charge is 2.28. The van der Waals surface area contributed by atoms with Crippen LogP contribution in [0, 0.1) is 6.92 Å². The zero-order chi connectivity index (χ0) is 16.1. The molecule has 0 saturated heterocycles. The van der Waals surface area contributed by atoms with Crippen LogP contribution in [0.3, 0.4) is 0 Å². The van der Waals surface area contributed by atoms with Gasteiger partial charge in [-0.3, -0.25) is 0 Å². The highest BCUT2D eigenvalue weighted by molar-refractivity contribution is 6.07. The van der Waals surface area contributed by atoms with Crippen LogP contribution in [0.4, 0.5) is 0 Å². The van der Waals surface area contributed by atoms with Gasteiger partial charge in [0.15, 0.2) is 0 Å². The van der Waals surface area contributed by atoms with Crippen molar-refractivity contribution in [3.05, 3.63) is 47.2 Å². The predicted octanol–water partition coefficient (Wildman–Crippen LogP) is 3.61. The van der Waals surface area contributed by atoms with Gasteiger partial charge >= 0.3 is 11.9 Å². The average Bonchev–Trinajstić information content (AvgIpc) is 2.93. The molecule has 1 aromatic heterocycles. The standard InChI is InChI=1S/C17H18O5/c1-4-20-16(18)13-10-22-15(14(13)17(19)21-5-2)12-9-7-6-8-11(12)3/h6-10H,4-5H2,1-3H3. The Labute approximate surface area is 128 Å². The Bertz CT molecular complexity index is 684. The smallest absolute Gasteiger partial charge is 0.342 e. The lowest BCUT2D eigenvalue weighted by Crippen LogP contribution is -2.13. The summed E-state index contributed by atoms with van der Waals surface area (Å²) in [6.07, 6.45) is 1.24. The van der Waals surface area contributed by atoms with Gasteiger partial charge in [0.2, 0.25) is 0 Å². The van der Waals surface area contributed by atoms with Crippen molar-refractivity contribution in [2.45, 2.75) is 20.8 Å². The molecule has 0 bridgehead atoms. The zero-order valence-corrected chi connectivity index (χ0v) is 12.8. The van der Waals surface area contributed by atoms with Gasteiger partial charge in [-0.2, -0.15) is 0 Å². The Morgan fingerprint density at radius 1 is 1.05 bits per heavy atom. The first-order valence-electron chi connectivity index (χ1n) is 7.11. The molecule has 0 N–H and O–H groups in total. The van der Waals surface area contributed by atoms with Crippen molar-refractivity contribution in [3.8, 4) is 11.3 Å². The van der Waals surface area contributed by atoms with E-state index in [1.165, 1.54) is 6.26 Å². The number of esters is 2. The van der Waals surface area contributed by atoms with E-state index in [0.29, 0.717) is 5.76 Å². The van der Waals surface area contributed by atoms with Crippen molar-refractivity contribution in [2.75, 3.05) is 13.2 Å². The summed E-state index contributed by atoms with van der Waals surface area (Å²) in [5.74, 6) is -0.883. The highest BCUT2D eigenvalue weighted by atomic mass is 16.5. The van der Waals surface area contributed by atoms with Gasteiger partial charge in [-0.25, -0.2) is 9.59 Å². The number of hydrogen-bond acceptors (Lipinski definition) is 5. The maximum absolute atomic E-state index is 12.3. The minimum absolute atomic E-state index is 0.0820. The van der Waals surface area contributed by atoms with Crippen LogP contribution < -0.4 is 0 Å². The number of rotatable bonds is 5. The number of benzene rings is 1. The van der Waals surface area contributed by atoms with E-state index in [0.717, 1.165) is 11.1 Å². The molecule has 0 radical (unpaired) electrons. The summed E-state index contributed by atoms with van der Waals surface area (Å²) < 4.78 is 15.5. The normalized spacial score (nSPS) is 10.3.